The molecule has 0 saturated heterocycles. The average Bonchev–Trinajstić information content (AvgIpc) is 2.63. The van der Waals surface area contributed by atoms with Crippen LogP contribution in [0.2, 0.25) is 0 Å². The molecule has 0 radical (unpaired) electrons. The summed E-state index contributed by atoms with van der Waals surface area (Å²) >= 11 is 1.71. The minimum Gasteiger partial charge on any atom is -0.389 e. The van der Waals surface area contributed by atoms with Gasteiger partial charge in [-0.05, 0) is 12.8 Å². The van der Waals surface area contributed by atoms with E-state index in [1.54, 1.807) is 16.4 Å². The van der Waals surface area contributed by atoms with E-state index < -0.39 is 5.60 Å². The summed E-state index contributed by atoms with van der Waals surface area (Å²) in [4.78, 5) is 1.15. The monoisotopic (exact) mass is 226 g/mol. The van der Waals surface area contributed by atoms with Crippen LogP contribution in [0.25, 0.3) is 0 Å². The zero-order valence-corrected chi connectivity index (χ0v) is 9.96. The van der Waals surface area contributed by atoms with Crippen LogP contribution in [0, 0.1) is 0 Å². The highest BCUT2D eigenvalue weighted by molar-refractivity contribution is 7.99. The van der Waals surface area contributed by atoms with Gasteiger partial charge in [0.15, 0.2) is 0 Å². The maximum Gasteiger partial charge on any atom is 0.0741 e. The Kier molecular flexibility index (Phi) is 3.36. The second kappa shape index (κ2) is 4.58. The Hall–Kier alpha value is -0.480. The van der Waals surface area contributed by atoms with Gasteiger partial charge >= 0.3 is 0 Å². The minimum atomic E-state index is -0.432. The first-order valence-electron chi connectivity index (χ1n) is 5.52. The molecule has 1 aromatic rings. The van der Waals surface area contributed by atoms with E-state index in [0.717, 1.165) is 23.5 Å². The summed E-state index contributed by atoms with van der Waals surface area (Å²) in [5, 5.41) is 14.4. The van der Waals surface area contributed by atoms with Crippen molar-refractivity contribution in [3.05, 3.63) is 12.4 Å². The minimum absolute atomic E-state index is 0.432. The van der Waals surface area contributed by atoms with Crippen LogP contribution in [0.4, 0.5) is 0 Å². The van der Waals surface area contributed by atoms with Gasteiger partial charge in [0, 0.05) is 23.9 Å². The molecular formula is C11H18N2OS. The first-order chi connectivity index (χ1) is 7.18. The Morgan fingerprint density at radius 1 is 1.47 bits per heavy atom. The highest BCUT2D eigenvalue weighted by Gasteiger charge is 2.29. The molecule has 1 aliphatic carbocycles. The third-order valence-electron chi connectivity index (χ3n) is 2.97. The van der Waals surface area contributed by atoms with Crippen molar-refractivity contribution < 1.29 is 5.11 Å². The fourth-order valence-electron chi connectivity index (χ4n) is 2.05. The molecule has 0 amide bonds. The molecule has 1 N–H and O–H groups in total. The molecule has 0 atom stereocenters. The maximum absolute atomic E-state index is 10.3. The van der Waals surface area contributed by atoms with E-state index in [0.29, 0.717) is 0 Å². The van der Waals surface area contributed by atoms with Crippen molar-refractivity contribution in [3.8, 4) is 0 Å². The Balaban J connectivity index is 1.86. The molecule has 0 unspecified atom stereocenters. The summed E-state index contributed by atoms with van der Waals surface area (Å²) < 4.78 is 1.80. The molecule has 0 aliphatic heterocycles. The highest BCUT2D eigenvalue weighted by atomic mass is 32.2. The quantitative estimate of drug-likeness (QED) is 0.803. The SMILES string of the molecule is Cn1cc(SCC2(O)CCCCC2)cn1. The molecular weight excluding hydrogens is 208 g/mol. The van der Waals surface area contributed by atoms with Gasteiger partial charge in [0.25, 0.3) is 0 Å². The summed E-state index contributed by atoms with van der Waals surface area (Å²) in [6.07, 6.45) is 9.39. The first kappa shape index (κ1) is 11.0. The fourth-order valence-corrected chi connectivity index (χ4v) is 3.12. The van der Waals surface area contributed by atoms with Gasteiger partial charge in [-0.1, -0.05) is 19.3 Å². The van der Waals surface area contributed by atoms with Gasteiger partial charge in [-0.15, -0.1) is 11.8 Å². The van der Waals surface area contributed by atoms with E-state index in [1.165, 1.54) is 19.3 Å². The second-order valence-electron chi connectivity index (χ2n) is 4.42. The number of thioether (sulfide) groups is 1. The smallest absolute Gasteiger partial charge is 0.0741 e. The predicted molar refractivity (Wildman–Crippen MR) is 62.0 cm³/mol. The van der Waals surface area contributed by atoms with Crippen LogP contribution in [0.1, 0.15) is 32.1 Å². The van der Waals surface area contributed by atoms with E-state index in [9.17, 15) is 5.11 Å². The zero-order chi connectivity index (χ0) is 10.7. The molecule has 0 bridgehead atoms. The first-order valence-corrected chi connectivity index (χ1v) is 6.50. The Labute approximate surface area is 94.9 Å². The zero-order valence-electron chi connectivity index (χ0n) is 9.15. The molecule has 1 saturated carbocycles. The number of aromatic nitrogens is 2. The number of rotatable bonds is 3. The van der Waals surface area contributed by atoms with E-state index in [4.69, 9.17) is 0 Å². The lowest BCUT2D eigenvalue weighted by Crippen LogP contribution is -2.33. The van der Waals surface area contributed by atoms with Gasteiger partial charge in [0.05, 0.1) is 11.8 Å². The number of nitrogens with zero attached hydrogens (tertiary/aromatic N) is 2. The lowest BCUT2D eigenvalue weighted by atomic mass is 9.86. The Morgan fingerprint density at radius 2 is 2.20 bits per heavy atom. The normalized spacial score (nSPS) is 20.4. The summed E-state index contributed by atoms with van der Waals surface area (Å²) in [5.74, 6) is 0.804. The third kappa shape index (κ3) is 2.98. The van der Waals surface area contributed by atoms with Crippen LogP contribution in [0.15, 0.2) is 17.3 Å². The van der Waals surface area contributed by atoms with Crippen LogP contribution in [0.3, 0.4) is 0 Å². The Bertz CT molecular complexity index is 318. The molecule has 3 nitrogen and oxygen atoms in total. The van der Waals surface area contributed by atoms with E-state index in [2.05, 4.69) is 5.10 Å². The van der Waals surface area contributed by atoms with Gasteiger partial charge < -0.3 is 5.11 Å². The van der Waals surface area contributed by atoms with Crippen molar-refractivity contribution >= 4 is 11.8 Å². The van der Waals surface area contributed by atoms with Gasteiger partial charge in [-0.2, -0.15) is 5.10 Å². The van der Waals surface area contributed by atoms with Crippen molar-refractivity contribution in [1.29, 1.82) is 0 Å². The van der Waals surface area contributed by atoms with Gasteiger partial charge in [-0.3, -0.25) is 4.68 Å². The van der Waals surface area contributed by atoms with E-state index >= 15 is 0 Å². The predicted octanol–water partition coefficient (Wildman–Crippen LogP) is 2.21. The van der Waals surface area contributed by atoms with Crippen molar-refractivity contribution in [1.82, 2.24) is 9.78 Å². The van der Waals surface area contributed by atoms with Crippen LogP contribution in [-0.4, -0.2) is 26.2 Å². The topological polar surface area (TPSA) is 38.0 Å². The molecule has 1 heterocycles. The molecule has 1 fully saturated rings. The van der Waals surface area contributed by atoms with Crippen molar-refractivity contribution in [2.24, 2.45) is 7.05 Å². The lowest BCUT2D eigenvalue weighted by Gasteiger charge is -2.31. The van der Waals surface area contributed by atoms with Crippen molar-refractivity contribution in [2.45, 2.75) is 42.6 Å². The van der Waals surface area contributed by atoms with Gasteiger partial charge in [0.1, 0.15) is 0 Å². The third-order valence-corrected chi connectivity index (χ3v) is 4.20. The van der Waals surface area contributed by atoms with E-state index in [1.807, 2.05) is 19.4 Å². The summed E-state index contributed by atoms with van der Waals surface area (Å²) in [7, 11) is 1.92. The summed E-state index contributed by atoms with van der Waals surface area (Å²) in [6, 6.07) is 0. The molecule has 4 heteroatoms. The van der Waals surface area contributed by atoms with Crippen LogP contribution in [-0.2, 0) is 7.05 Å². The van der Waals surface area contributed by atoms with Gasteiger partial charge in [-0.25, -0.2) is 0 Å². The van der Waals surface area contributed by atoms with Crippen LogP contribution >= 0.6 is 11.8 Å². The number of aryl methyl sites for hydroxylation is 1. The van der Waals surface area contributed by atoms with Crippen LogP contribution < -0.4 is 0 Å². The van der Waals surface area contributed by atoms with Crippen molar-refractivity contribution in [2.75, 3.05) is 5.75 Å². The van der Waals surface area contributed by atoms with Crippen LogP contribution in [0.5, 0.6) is 0 Å². The number of aliphatic hydroxyl groups is 1. The molecule has 1 aromatic heterocycles. The fraction of sp³-hybridized carbons (Fsp3) is 0.727. The highest BCUT2D eigenvalue weighted by Crippen LogP contribution is 2.33. The second-order valence-corrected chi connectivity index (χ2v) is 5.47. The van der Waals surface area contributed by atoms with Crippen molar-refractivity contribution in [3.63, 3.8) is 0 Å². The lowest BCUT2D eigenvalue weighted by molar-refractivity contribution is 0.0273. The van der Waals surface area contributed by atoms with Gasteiger partial charge in [0.2, 0.25) is 0 Å². The number of hydrogen-bond donors (Lipinski definition) is 1. The molecule has 15 heavy (non-hydrogen) atoms. The summed E-state index contributed by atoms with van der Waals surface area (Å²) in [6.45, 7) is 0. The standard InChI is InChI=1S/C11H18N2OS/c1-13-8-10(7-12-13)15-9-11(14)5-3-2-4-6-11/h7-8,14H,2-6,9H2,1H3. The average molecular weight is 226 g/mol. The Morgan fingerprint density at radius 3 is 2.80 bits per heavy atom. The summed E-state index contributed by atoms with van der Waals surface area (Å²) in [5.41, 5.74) is -0.432. The molecule has 0 spiro atoms. The molecule has 2 rings (SSSR count). The molecule has 84 valence electrons. The largest absolute Gasteiger partial charge is 0.389 e. The van der Waals surface area contributed by atoms with E-state index in [-0.39, 0.29) is 0 Å². The maximum atomic E-state index is 10.3. The molecule has 0 aromatic carbocycles. The number of hydrogen-bond acceptors (Lipinski definition) is 3. The molecule has 1 aliphatic rings.